The average Bonchev–Trinajstić information content (AvgIpc) is 3.07. The molecule has 146 valence electrons. The Morgan fingerprint density at radius 3 is 2.37 bits per heavy atom. The highest BCUT2D eigenvalue weighted by atomic mass is 32.1. The zero-order chi connectivity index (χ0) is 20.0. The van der Waals surface area contributed by atoms with Gasteiger partial charge in [0.15, 0.2) is 11.5 Å². The molecule has 0 aliphatic heterocycles. The number of aryl methyl sites for hydroxylation is 2. The maximum absolute atomic E-state index is 12.7. The van der Waals surface area contributed by atoms with Gasteiger partial charge in [0, 0.05) is 4.88 Å². The number of carbonyl (C=O) groups excluding carboxylic acids is 2. The standard InChI is InChI=1S/C20H25NO5S/c1-6-17-12(2)9-18(27-17)20(23)21-14(11-19(22)26-5)13-7-8-15(24-3)16(10-13)25-4/h7-10,14H,6,11H2,1-5H3,(H,21,23)/t14-/m1/s1. The molecule has 7 heteroatoms. The van der Waals surface area contributed by atoms with Crippen LogP contribution in [0.1, 0.15) is 45.1 Å². The molecule has 2 aromatic rings. The molecule has 0 saturated heterocycles. The van der Waals surface area contributed by atoms with Crippen molar-refractivity contribution in [2.45, 2.75) is 32.7 Å². The second-order valence-corrected chi connectivity index (χ2v) is 7.13. The minimum Gasteiger partial charge on any atom is -0.493 e. The molecule has 1 aromatic heterocycles. The van der Waals surface area contributed by atoms with E-state index in [9.17, 15) is 9.59 Å². The third-order valence-corrected chi connectivity index (χ3v) is 5.66. The first-order valence-electron chi connectivity index (χ1n) is 8.62. The normalized spacial score (nSPS) is 11.6. The van der Waals surface area contributed by atoms with E-state index in [0.717, 1.165) is 17.5 Å². The molecule has 0 fully saturated rings. The van der Waals surface area contributed by atoms with Crippen molar-refractivity contribution in [1.82, 2.24) is 5.32 Å². The number of nitrogens with one attached hydrogen (secondary N) is 1. The van der Waals surface area contributed by atoms with Crippen molar-refractivity contribution < 1.29 is 23.8 Å². The van der Waals surface area contributed by atoms with E-state index in [-0.39, 0.29) is 12.3 Å². The molecule has 1 atom stereocenters. The summed E-state index contributed by atoms with van der Waals surface area (Å²) in [5.74, 6) is 0.475. The molecule has 6 nitrogen and oxygen atoms in total. The lowest BCUT2D eigenvalue weighted by atomic mass is 10.0. The van der Waals surface area contributed by atoms with Crippen LogP contribution in [0, 0.1) is 6.92 Å². The second kappa shape index (κ2) is 9.41. The summed E-state index contributed by atoms with van der Waals surface area (Å²) in [5.41, 5.74) is 1.83. The van der Waals surface area contributed by atoms with Crippen LogP contribution >= 0.6 is 11.3 Å². The fraction of sp³-hybridized carbons (Fsp3) is 0.400. The predicted molar refractivity (Wildman–Crippen MR) is 105 cm³/mol. The number of hydrogen-bond donors (Lipinski definition) is 1. The molecule has 1 N–H and O–H groups in total. The zero-order valence-corrected chi connectivity index (χ0v) is 17.1. The number of hydrogen-bond acceptors (Lipinski definition) is 6. The highest BCUT2D eigenvalue weighted by Crippen LogP contribution is 2.31. The number of rotatable bonds is 8. The van der Waals surface area contributed by atoms with Crippen LogP contribution in [0.25, 0.3) is 0 Å². The topological polar surface area (TPSA) is 73.9 Å². The molecule has 1 heterocycles. The Morgan fingerprint density at radius 2 is 1.81 bits per heavy atom. The van der Waals surface area contributed by atoms with Crippen molar-refractivity contribution in [2.75, 3.05) is 21.3 Å². The zero-order valence-electron chi connectivity index (χ0n) is 16.3. The summed E-state index contributed by atoms with van der Waals surface area (Å²) in [5, 5.41) is 2.94. The van der Waals surface area contributed by atoms with Crippen molar-refractivity contribution in [3.63, 3.8) is 0 Å². The molecule has 1 amide bonds. The fourth-order valence-electron chi connectivity index (χ4n) is 2.78. The van der Waals surface area contributed by atoms with Gasteiger partial charge in [0.2, 0.25) is 0 Å². The van der Waals surface area contributed by atoms with Gasteiger partial charge in [-0.05, 0) is 42.7 Å². The van der Waals surface area contributed by atoms with Crippen LogP contribution in [0.3, 0.4) is 0 Å². The average molecular weight is 391 g/mol. The third kappa shape index (κ3) is 5.01. The maximum Gasteiger partial charge on any atom is 0.307 e. The van der Waals surface area contributed by atoms with E-state index in [2.05, 4.69) is 12.2 Å². The van der Waals surface area contributed by atoms with E-state index in [0.29, 0.717) is 16.4 Å². The lowest BCUT2D eigenvalue weighted by Gasteiger charge is -2.19. The molecule has 0 bridgehead atoms. The molecule has 0 spiro atoms. The Hall–Kier alpha value is -2.54. The molecule has 0 unspecified atom stereocenters. The van der Waals surface area contributed by atoms with Gasteiger partial charge in [-0.2, -0.15) is 0 Å². The van der Waals surface area contributed by atoms with E-state index in [1.807, 2.05) is 13.0 Å². The highest BCUT2D eigenvalue weighted by Gasteiger charge is 2.22. The lowest BCUT2D eigenvalue weighted by molar-refractivity contribution is -0.141. The summed E-state index contributed by atoms with van der Waals surface area (Å²) < 4.78 is 15.4. The Bertz CT molecular complexity index is 815. The Morgan fingerprint density at radius 1 is 1.11 bits per heavy atom. The Kier molecular flexibility index (Phi) is 7.24. The quantitative estimate of drug-likeness (QED) is 0.695. The van der Waals surface area contributed by atoms with Gasteiger partial charge in [-0.25, -0.2) is 0 Å². The summed E-state index contributed by atoms with van der Waals surface area (Å²) in [6.07, 6.45) is 0.897. The van der Waals surface area contributed by atoms with Crippen LogP contribution in [0.4, 0.5) is 0 Å². The smallest absolute Gasteiger partial charge is 0.307 e. The lowest BCUT2D eigenvalue weighted by Crippen LogP contribution is -2.30. The molecular weight excluding hydrogens is 366 g/mol. The van der Waals surface area contributed by atoms with Crippen molar-refractivity contribution in [2.24, 2.45) is 0 Å². The van der Waals surface area contributed by atoms with Gasteiger partial charge in [0.05, 0.1) is 38.7 Å². The molecule has 2 rings (SSSR count). The van der Waals surface area contributed by atoms with Crippen LogP contribution in [0.5, 0.6) is 11.5 Å². The van der Waals surface area contributed by atoms with Crippen LogP contribution in [0.15, 0.2) is 24.3 Å². The molecule has 0 radical (unpaired) electrons. The SMILES string of the molecule is CCc1sc(C(=O)N[C@H](CC(=O)OC)c2ccc(OC)c(OC)c2)cc1C. The minimum atomic E-state index is -0.544. The first kappa shape index (κ1) is 20.8. The van der Waals surface area contributed by atoms with Crippen molar-refractivity contribution in [3.05, 3.63) is 45.1 Å². The summed E-state index contributed by atoms with van der Waals surface area (Å²) in [4.78, 5) is 26.4. The van der Waals surface area contributed by atoms with Crippen molar-refractivity contribution >= 4 is 23.2 Å². The molecule has 0 saturated carbocycles. The largest absolute Gasteiger partial charge is 0.493 e. The highest BCUT2D eigenvalue weighted by molar-refractivity contribution is 7.14. The van der Waals surface area contributed by atoms with Crippen LogP contribution in [-0.4, -0.2) is 33.2 Å². The monoisotopic (exact) mass is 391 g/mol. The maximum atomic E-state index is 12.7. The van der Waals surface area contributed by atoms with Crippen LogP contribution in [0.2, 0.25) is 0 Å². The Balaban J connectivity index is 2.31. The van der Waals surface area contributed by atoms with Crippen LogP contribution in [-0.2, 0) is 16.0 Å². The van der Waals surface area contributed by atoms with Crippen molar-refractivity contribution in [3.8, 4) is 11.5 Å². The first-order chi connectivity index (χ1) is 12.9. The first-order valence-corrected chi connectivity index (χ1v) is 9.44. The van der Waals surface area contributed by atoms with Gasteiger partial charge in [-0.15, -0.1) is 11.3 Å². The van der Waals surface area contributed by atoms with E-state index >= 15 is 0 Å². The number of esters is 1. The second-order valence-electron chi connectivity index (χ2n) is 5.99. The molecule has 27 heavy (non-hydrogen) atoms. The minimum absolute atomic E-state index is 0.0166. The van der Waals surface area contributed by atoms with Gasteiger partial charge in [-0.3, -0.25) is 9.59 Å². The third-order valence-electron chi connectivity index (χ3n) is 4.28. The van der Waals surface area contributed by atoms with Gasteiger partial charge >= 0.3 is 5.97 Å². The van der Waals surface area contributed by atoms with Gasteiger partial charge in [-0.1, -0.05) is 13.0 Å². The van der Waals surface area contributed by atoms with E-state index in [1.54, 1.807) is 25.3 Å². The molecule has 0 aliphatic rings. The van der Waals surface area contributed by atoms with E-state index in [4.69, 9.17) is 14.2 Å². The number of thiophene rings is 1. The number of ether oxygens (including phenoxy) is 3. The molecule has 1 aromatic carbocycles. The Labute approximate surface area is 163 Å². The fourth-order valence-corrected chi connectivity index (χ4v) is 3.80. The number of benzene rings is 1. The van der Waals surface area contributed by atoms with E-state index in [1.165, 1.54) is 30.4 Å². The summed E-state index contributed by atoms with van der Waals surface area (Å²) in [7, 11) is 4.41. The number of methoxy groups -OCH3 is 3. The van der Waals surface area contributed by atoms with Crippen molar-refractivity contribution in [1.29, 1.82) is 0 Å². The van der Waals surface area contributed by atoms with E-state index < -0.39 is 12.0 Å². The van der Waals surface area contributed by atoms with Gasteiger partial charge in [0.25, 0.3) is 5.91 Å². The predicted octanol–water partition coefficient (Wildman–Crippen LogP) is 3.67. The summed E-state index contributed by atoms with van der Waals surface area (Å²) >= 11 is 1.47. The summed E-state index contributed by atoms with van der Waals surface area (Å²) in [6.45, 7) is 4.05. The number of amides is 1. The molecule has 0 aliphatic carbocycles. The number of carbonyl (C=O) groups is 2. The molecular formula is C20H25NO5S. The summed E-state index contributed by atoms with van der Waals surface area (Å²) in [6, 6.07) is 6.63. The van der Waals surface area contributed by atoms with Gasteiger partial charge < -0.3 is 19.5 Å². The van der Waals surface area contributed by atoms with Gasteiger partial charge in [0.1, 0.15) is 0 Å². The van der Waals surface area contributed by atoms with Crippen LogP contribution < -0.4 is 14.8 Å².